The number of unbranched alkanes of at least 4 members (excludes halogenated alkanes) is 9. The van der Waals surface area contributed by atoms with Gasteiger partial charge in [-0.1, -0.05) is 76.8 Å². The Morgan fingerprint density at radius 2 is 1.45 bits per heavy atom. The van der Waals surface area contributed by atoms with Gasteiger partial charge in [0, 0.05) is 13.1 Å². The Labute approximate surface area is 195 Å². The van der Waals surface area contributed by atoms with Gasteiger partial charge in [0.1, 0.15) is 0 Å². The molecule has 1 aliphatic rings. The molecule has 186 valence electrons. The van der Waals surface area contributed by atoms with Gasteiger partial charge >= 0.3 is 12.1 Å². The van der Waals surface area contributed by atoms with Gasteiger partial charge in [-0.05, 0) is 31.4 Å². The molecule has 0 N–H and O–H groups in total. The van der Waals surface area contributed by atoms with Crippen LogP contribution in [-0.2, 0) is 15.7 Å². The first kappa shape index (κ1) is 27.2. The molecule has 1 aromatic rings. The van der Waals surface area contributed by atoms with Crippen LogP contribution >= 0.6 is 0 Å². The van der Waals surface area contributed by atoms with Crippen molar-refractivity contribution < 1.29 is 27.5 Å². The number of carbonyl (C=O) groups is 2. The first-order valence-corrected chi connectivity index (χ1v) is 12.5. The summed E-state index contributed by atoms with van der Waals surface area (Å²) in [6.45, 7) is 3.14. The Balaban J connectivity index is 1.62. The predicted octanol–water partition coefficient (Wildman–Crippen LogP) is 7.02. The molecule has 4 nitrogen and oxygen atoms in total. The van der Waals surface area contributed by atoms with Crippen molar-refractivity contribution in [2.24, 2.45) is 5.92 Å². The summed E-state index contributed by atoms with van der Waals surface area (Å²) in [6.07, 6.45) is 8.36. The van der Waals surface area contributed by atoms with Crippen LogP contribution in [0.2, 0.25) is 0 Å². The number of alkyl halides is 3. The standard InChI is InChI=1S/C26H38F3NO3/c1-2-3-4-5-6-7-8-9-10-13-20-33-25(32)21-16-18-30(19-17-21)24(31)22-14-11-12-15-23(22)26(27,28)29/h11-12,14-15,21H,2-10,13,16-20H2,1H3. The van der Waals surface area contributed by atoms with Crippen LogP contribution in [0.5, 0.6) is 0 Å². The number of hydrogen-bond acceptors (Lipinski definition) is 3. The summed E-state index contributed by atoms with van der Waals surface area (Å²) in [5.41, 5.74) is -1.26. The quantitative estimate of drug-likeness (QED) is 0.230. The Morgan fingerprint density at radius 3 is 2.03 bits per heavy atom. The fourth-order valence-electron chi connectivity index (χ4n) is 4.29. The molecule has 0 bridgehead atoms. The van der Waals surface area contributed by atoms with Crippen molar-refractivity contribution in [3.05, 3.63) is 35.4 Å². The highest BCUT2D eigenvalue weighted by molar-refractivity contribution is 5.96. The summed E-state index contributed by atoms with van der Waals surface area (Å²) >= 11 is 0. The van der Waals surface area contributed by atoms with Crippen LogP contribution in [0.1, 0.15) is 99.9 Å². The third-order valence-electron chi connectivity index (χ3n) is 6.32. The van der Waals surface area contributed by atoms with Gasteiger partial charge in [0.05, 0.1) is 23.7 Å². The van der Waals surface area contributed by atoms with E-state index in [1.807, 2.05) is 0 Å². The monoisotopic (exact) mass is 469 g/mol. The Hall–Kier alpha value is -2.05. The number of ether oxygens (including phenoxy) is 1. The molecule has 0 atom stereocenters. The second-order valence-corrected chi connectivity index (χ2v) is 8.96. The molecular formula is C26H38F3NO3. The number of nitrogens with zero attached hydrogens (tertiary/aromatic N) is 1. The maximum absolute atomic E-state index is 13.2. The highest BCUT2D eigenvalue weighted by Gasteiger charge is 2.37. The van der Waals surface area contributed by atoms with Crippen molar-refractivity contribution in [1.82, 2.24) is 4.90 Å². The average molecular weight is 470 g/mol. The SMILES string of the molecule is CCCCCCCCCCCCOC(=O)C1CCN(C(=O)c2ccccc2C(F)(F)F)CC1. The van der Waals surface area contributed by atoms with E-state index >= 15 is 0 Å². The van der Waals surface area contributed by atoms with Crippen molar-refractivity contribution in [3.8, 4) is 0 Å². The largest absolute Gasteiger partial charge is 0.465 e. The number of benzene rings is 1. The van der Waals surface area contributed by atoms with E-state index in [1.54, 1.807) is 0 Å². The van der Waals surface area contributed by atoms with Crippen LogP contribution in [0.25, 0.3) is 0 Å². The summed E-state index contributed by atoms with van der Waals surface area (Å²) in [7, 11) is 0. The van der Waals surface area contributed by atoms with E-state index < -0.39 is 17.6 Å². The number of likely N-dealkylation sites (tertiary alicyclic amines) is 1. The van der Waals surface area contributed by atoms with Crippen LogP contribution < -0.4 is 0 Å². The van der Waals surface area contributed by atoms with E-state index in [9.17, 15) is 22.8 Å². The number of amides is 1. The van der Waals surface area contributed by atoms with E-state index in [0.29, 0.717) is 19.4 Å². The number of esters is 1. The van der Waals surface area contributed by atoms with E-state index in [4.69, 9.17) is 4.74 Å². The van der Waals surface area contributed by atoms with Gasteiger partial charge in [-0.25, -0.2) is 0 Å². The Kier molecular flexibility index (Phi) is 11.8. The zero-order chi connectivity index (χ0) is 24.1. The zero-order valence-corrected chi connectivity index (χ0v) is 19.8. The third-order valence-corrected chi connectivity index (χ3v) is 6.32. The normalized spacial score (nSPS) is 15.0. The molecule has 7 heteroatoms. The highest BCUT2D eigenvalue weighted by Crippen LogP contribution is 2.33. The highest BCUT2D eigenvalue weighted by atomic mass is 19.4. The third kappa shape index (κ3) is 9.38. The molecule has 0 radical (unpaired) electrons. The molecule has 0 saturated carbocycles. The molecule has 0 unspecified atom stereocenters. The van der Waals surface area contributed by atoms with Crippen LogP contribution in [0.4, 0.5) is 13.2 Å². The minimum atomic E-state index is -4.58. The minimum absolute atomic E-state index is 0.253. The summed E-state index contributed by atoms with van der Waals surface area (Å²) in [5.74, 6) is -1.19. The molecule has 1 fully saturated rings. The Morgan fingerprint density at radius 1 is 0.909 bits per heavy atom. The summed E-state index contributed by atoms with van der Waals surface area (Å²) < 4.78 is 45.0. The summed E-state index contributed by atoms with van der Waals surface area (Å²) in [5, 5.41) is 0. The number of carbonyl (C=O) groups excluding carboxylic acids is 2. The van der Waals surface area contributed by atoms with E-state index in [1.165, 1.54) is 68.0 Å². The fourth-order valence-corrected chi connectivity index (χ4v) is 4.29. The van der Waals surface area contributed by atoms with Crippen LogP contribution in [0.15, 0.2) is 24.3 Å². The minimum Gasteiger partial charge on any atom is -0.465 e. The lowest BCUT2D eigenvalue weighted by molar-refractivity contribution is -0.150. The molecule has 0 aromatic heterocycles. The lowest BCUT2D eigenvalue weighted by Crippen LogP contribution is -2.41. The molecule has 0 spiro atoms. The van der Waals surface area contributed by atoms with Crippen LogP contribution in [0.3, 0.4) is 0 Å². The molecule has 1 aromatic carbocycles. The molecule has 1 amide bonds. The van der Waals surface area contributed by atoms with Crippen LogP contribution in [0, 0.1) is 5.92 Å². The first-order chi connectivity index (χ1) is 15.8. The van der Waals surface area contributed by atoms with E-state index in [0.717, 1.165) is 25.3 Å². The van der Waals surface area contributed by atoms with Gasteiger partial charge in [-0.2, -0.15) is 13.2 Å². The summed E-state index contributed by atoms with van der Waals surface area (Å²) in [4.78, 5) is 26.4. The fraction of sp³-hybridized carbons (Fsp3) is 0.692. The first-order valence-electron chi connectivity index (χ1n) is 12.5. The molecule has 1 aliphatic heterocycles. The second kappa shape index (κ2) is 14.3. The van der Waals surface area contributed by atoms with E-state index in [-0.39, 0.29) is 30.5 Å². The van der Waals surface area contributed by atoms with Gasteiger partial charge in [0.15, 0.2) is 0 Å². The predicted molar refractivity (Wildman–Crippen MR) is 123 cm³/mol. The van der Waals surface area contributed by atoms with Gasteiger partial charge in [0.25, 0.3) is 5.91 Å². The van der Waals surface area contributed by atoms with Crippen molar-refractivity contribution in [1.29, 1.82) is 0 Å². The molecule has 33 heavy (non-hydrogen) atoms. The lowest BCUT2D eigenvalue weighted by atomic mass is 9.96. The molecular weight excluding hydrogens is 431 g/mol. The second-order valence-electron chi connectivity index (χ2n) is 8.96. The lowest BCUT2D eigenvalue weighted by Gasteiger charge is -2.31. The number of rotatable bonds is 13. The van der Waals surface area contributed by atoms with Crippen molar-refractivity contribution >= 4 is 11.9 Å². The maximum atomic E-state index is 13.2. The van der Waals surface area contributed by atoms with Crippen molar-refractivity contribution in [2.45, 2.75) is 90.1 Å². The molecule has 1 saturated heterocycles. The number of piperidine rings is 1. The van der Waals surface area contributed by atoms with Gasteiger partial charge in [-0.3, -0.25) is 9.59 Å². The van der Waals surface area contributed by atoms with Crippen LogP contribution in [-0.4, -0.2) is 36.5 Å². The number of hydrogen-bond donors (Lipinski definition) is 0. The Bertz CT molecular complexity index is 728. The maximum Gasteiger partial charge on any atom is 0.417 e. The zero-order valence-electron chi connectivity index (χ0n) is 19.8. The molecule has 1 heterocycles. The molecule has 0 aliphatic carbocycles. The smallest absolute Gasteiger partial charge is 0.417 e. The summed E-state index contributed by atoms with van der Waals surface area (Å²) in [6, 6.07) is 4.83. The number of halogens is 3. The average Bonchev–Trinajstić information content (AvgIpc) is 2.81. The van der Waals surface area contributed by atoms with Gasteiger partial charge in [-0.15, -0.1) is 0 Å². The van der Waals surface area contributed by atoms with E-state index in [2.05, 4.69) is 6.92 Å². The van der Waals surface area contributed by atoms with Gasteiger partial charge < -0.3 is 9.64 Å². The van der Waals surface area contributed by atoms with Gasteiger partial charge in [0.2, 0.25) is 0 Å². The van der Waals surface area contributed by atoms with Crippen molar-refractivity contribution in [2.75, 3.05) is 19.7 Å². The topological polar surface area (TPSA) is 46.6 Å². The van der Waals surface area contributed by atoms with Crippen molar-refractivity contribution in [3.63, 3.8) is 0 Å². The molecule has 2 rings (SSSR count).